The van der Waals surface area contributed by atoms with E-state index in [2.05, 4.69) is 0 Å². The van der Waals surface area contributed by atoms with Crippen LogP contribution in [-0.4, -0.2) is 29.9 Å². The van der Waals surface area contributed by atoms with Gasteiger partial charge in [-0.3, -0.25) is 0 Å². The molecule has 96 valence electrons. The Labute approximate surface area is 108 Å². The Hall–Kier alpha value is -1.42. The quantitative estimate of drug-likeness (QED) is 0.608. The molecule has 6 heteroatoms. The molecule has 1 aliphatic carbocycles. The van der Waals surface area contributed by atoms with E-state index in [0.717, 1.165) is 0 Å². The molecule has 2 rings (SSSR count). The van der Waals surface area contributed by atoms with Gasteiger partial charge in [0.2, 0.25) is 0 Å². The topological polar surface area (TPSA) is 60.4 Å². The lowest BCUT2D eigenvalue weighted by molar-refractivity contribution is 0.194. The normalized spacial score (nSPS) is 25.2. The van der Waals surface area contributed by atoms with Crippen molar-refractivity contribution in [2.75, 3.05) is 6.50 Å². The van der Waals surface area contributed by atoms with E-state index in [-0.39, 0.29) is 16.3 Å². The van der Waals surface area contributed by atoms with Crippen molar-refractivity contribution < 1.29 is 20.1 Å². The first-order chi connectivity index (χ1) is 9.18. The molecule has 2 atom stereocenters. The van der Waals surface area contributed by atoms with E-state index in [4.69, 9.17) is 9.16 Å². The molecule has 2 unspecified atom stereocenters. The fraction of sp³-hybridized carbons (Fsp3) is 0.333. The van der Waals surface area contributed by atoms with Gasteiger partial charge in [-0.1, -0.05) is 30.2 Å². The van der Waals surface area contributed by atoms with Gasteiger partial charge in [0.1, 0.15) is 6.17 Å². The second-order valence-corrected chi connectivity index (χ2v) is 5.12. The molecular weight excluding hydrogens is 257 g/mol. The lowest BCUT2D eigenvalue weighted by Gasteiger charge is -2.30. The van der Waals surface area contributed by atoms with Gasteiger partial charge < -0.3 is 4.55 Å². The van der Waals surface area contributed by atoms with Crippen molar-refractivity contribution in [2.24, 2.45) is 0 Å². The summed E-state index contributed by atoms with van der Waals surface area (Å²) in [5, 5.41) is 0. The fourth-order valence-electron chi connectivity index (χ4n) is 2.13. The van der Waals surface area contributed by atoms with E-state index in [1.165, 1.54) is 6.07 Å². The molecule has 0 amide bonds. The molecule has 0 saturated carbocycles. The molecule has 1 aromatic carbocycles. The van der Waals surface area contributed by atoms with Gasteiger partial charge in [-0.05, 0) is 11.1 Å². The third-order valence-electron chi connectivity index (χ3n) is 2.80. The minimum absolute atomic E-state index is 0.0898. The Morgan fingerprint density at radius 1 is 1.61 bits per heavy atom. The smallest absolute Gasteiger partial charge is 0.163 e. The Morgan fingerprint density at radius 2 is 2.28 bits per heavy atom. The van der Waals surface area contributed by atoms with Crippen LogP contribution >= 0.6 is 0 Å². The average molecular weight is 270 g/mol. The predicted octanol–water partition coefficient (Wildman–Crippen LogP) is 1.02. The third-order valence-corrected chi connectivity index (χ3v) is 3.60. The van der Waals surface area contributed by atoms with E-state index in [1.54, 1.807) is 24.1 Å². The van der Waals surface area contributed by atoms with Crippen LogP contribution < -0.4 is 0 Å². The highest BCUT2D eigenvalue weighted by molar-refractivity contribution is 7.83. The summed E-state index contributed by atoms with van der Waals surface area (Å²) in [7, 11) is -5.27. The number of rotatable bonds is 3. The molecule has 0 fully saturated rings. The van der Waals surface area contributed by atoms with Crippen LogP contribution in [0.15, 0.2) is 24.3 Å². The highest BCUT2D eigenvalue weighted by atomic mass is 32.2. The first-order valence-electron chi connectivity index (χ1n) is 6.13. The summed E-state index contributed by atoms with van der Waals surface area (Å²) >= 11 is 0. The molecular formula is C12H11FNO3S-. The van der Waals surface area contributed by atoms with Crippen LogP contribution in [0.2, 0.25) is 0 Å². The number of fused-ring (bicyclic) bond motifs is 1. The number of hydrogen-bond donors (Lipinski definition) is 0. The summed E-state index contributed by atoms with van der Waals surface area (Å²) in [6.45, 7) is -2.90. The molecule has 18 heavy (non-hydrogen) atoms. The monoisotopic (exact) mass is 270 g/mol. The molecule has 0 aliphatic heterocycles. The van der Waals surface area contributed by atoms with Crippen LogP contribution in [-0.2, 0) is 16.7 Å². The van der Waals surface area contributed by atoms with E-state index < -0.39 is 29.0 Å². The van der Waals surface area contributed by atoms with E-state index in [0.29, 0.717) is 5.56 Å². The molecule has 0 bridgehead atoms. The van der Waals surface area contributed by atoms with Crippen molar-refractivity contribution in [3.63, 3.8) is 0 Å². The van der Waals surface area contributed by atoms with Gasteiger partial charge in [0.25, 0.3) is 0 Å². The maximum Gasteiger partial charge on any atom is 0.163 e. The molecule has 0 heterocycles. The first-order valence-corrected chi connectivity index (χ1v) is 6.50. The van der Waals surface area contributed by atoms with Gasteiger partial charge in [0.15, 0.2) is 10.3 Å². The lowest BCUT2D eigenvalue weighted by Crippen LogP contribution is -2.37. The minimum atomic E-state index is -5.27. The molecule has 0 aromatic heterocycles. The summed E-state index contributed by atoms with van der Waals surface area (Å²) in [6.07, 6.45) is 3.13. The van der Waals surface area contributed by atoms with Gasteiger partial charge in [-0.15, -0.1) is 6.42 Å². The highest BCUT2D eigenvalue weighted by Crippen LogP contribution is 2.38. The summed E-state index contributed by atoms with van der Waals surface area (Å²) in [5.74, 6) is 1.59. The Morgan fingerprint density at radius 3 is 2.89 bits per heavy atom. The Bertz CT molecular complexity index is 672. The minimum Gasteiger partial charge on any atom is -0.735 e. The van der Waals surface area contributed by atoms with Gasteiger partial charge in [0, 0.05) is 6.42 Å². The zero-order chi connectivity index (χ0) is 15.1. The zero-order valence-electron chi connectivity index (χ0n) is 11.2. The van der Waals surface area contributed by atoms with Gasteiger partial charge in [0.05, 0.1) is 15.3 Å². The van der Waals surface area contributed by atoms with Gasteiger partial charge in [-0.2, -0.15) is 4.31 Å². The van der Waals surface area contributed by atoms with E-state index in [9.17, 15) is 17.4 Å². The number of nitrogens with zero attached hydrogens (tertiary/aromatic N) is 1. The number of terminal acetylenes is 1. The van der Waals surface area contributed by atoms with E-state index >= 15 is 0 Å². The van der Waals surface area contributed by atoms with Crippen molar-refractivity contribution in [1.82, 2.24) is 4.31 Å². The van der Waals surface area contributed by atoms with Crippen LogP contribution in [0.1, 0.15) is 19.9 Å². The van der Waals surface area contributed by atoms with Crippen molar-refractivity contribution in [3.8, 4) is 12.3 Å². The SMILES string of the molecule is [2H]C([2H])(C#C)N(C1c2ccccc2CC1F)S(=O)(=O)[O-]. The lowest BCUT2D eigenvalue weighted by atomic mass is 10.1. The maximum atomic E-state index is 14.1. The number of benzene rings is 1. The molecule has 1 aliphatic rings. The summed E-state index contributed by atoms with van der Waals surface area (Å²) in [4.78, 5) is 0. The number of hydrogen-bond acceptors (Lipinski definition) is 3. The fourth-order valence-corrected chi connectivity index (χ4v) is 2.81. The third kappa shape index (κ3) is 2.25. The summed E-state index contributed by atoms with van der Waals surface area (Å²) in [6, 6.07) is 4.73. The van der Waals surface area contributed by atoms with Crippen LogP contribution in [0, 0.1) is 12.3 Å². The molecule has 1 aromatic rings. The average Bonchev–Trinajstić information content (AvgIpc) is 2.65. The first kappa shape index (κ1) is 10.5. The van der Waals surface area contributed by atoms with Crippen molar-refractivity contribution >= 4 is 10.3 Å². The van der Waals surface area contributed by atoms with Crippen LogP contribution in [0.4, 0.5) is 4.39 Å². The van der Waals surface area contributed by atoms with E-state index in [1.807, 2.05) is 0 Å². The second kappa shape index (κ2) is 4.69. The Balaban J connectivity index is 2.60. The molecule has 0 spiro atoms. The van der Waals surface area contributed by atoms with Crippen LogP contribution in [0.5, 0.6) is 0 Å². The summed E-state index contributed by atoms with van der Waals surface area (Å²) in [5.41, 5.74) is 0.796. The maximum absolute atomic E-state index is 14.1. The predicted molar refractivity (Wildman–Crippen MR) is 63.0 cm³/mol. The standard InChI is InChI=1S/C12H12FNO3S/c1-2-7-14(18(15,16)17)12-10-6-4-3-5-9(10)8-11(12)13/h1,3-6,11-12H,7-8H2,(H,15,16,17)/p-1/i7D2. The second-order valence-electron chi connectivity index (χ2n) is 3.87. The van der Waals surface area contributed by atoms with Crippen molar-refractivity contribution in [3.05, 3.63) is 35.4 Å². The molecule has 4 nitrogen and oxygen atoms in total. The van der Waals surface area contributed by atoms with Crippen molar-refractivity contribution in [2.45, 2.75) is 18.6 Å². The molecule has 0 radical (unpaired) electrons. The molecule has 0 saturated heterocycles. The Kier molecular flexibility index (Phi) is 2.73. The number of alkyl halides is 1. The van der Waals surface area contributed by atoms with Crippen molar-refractivity contribution in [1.29, 1.82) is 0 Å². The summed E-state index contributed by atoms with van der Waals surface area (Å²) < 4.78 is 63.1. The highest BCUT2D eigenvalue weighted by Gasteiger charge is 2.38. The van der Waals surface area contributed by atoms with Gasteiger partial charge >= 0.3 is 0 Å². The van der Waals surface area contributed by atoms with Gasteiger partial charge in [-0.25, -0.2) is 12.8 Å². The zero-order valence-corrected chi connectivity index (χ0v) is 10.0. The molecule has 0 N–H and O–H groups in total. The van der Waals surface area contributed by atoms with Crippen LogP contribution in [0.3, 0.4) is 0 Å². The largest absolute Gasteiger partial charge is 0.735 e. The van der Waals surface area contributed by atoms with Crippen LogP contribution in [0.25, 0.3) is 0 Å². The number of halogens is 1.